The molecule has 0 saturated carbocycles. The first-order valence-electron chi connectivity index (χ1n) is 9.61. The zero-order chi connectivity index (χ0) is 19.9. The highest BCUT2D eigenvalue weighted by atomic mass is 19.1. The quantitative estimate of drug-likeness (QED) is 0.750. The lowest BCUT2D eigenvalue weighted by Crippen LogP contribution is -2.33. The first kappa shape index (κ1) is 18.8. The molecule has 148 valence electrons. The van der Waals surface area contributed by atoms with E-state index in [1.165, 1.54) is 12.1 Å². The Bertz CT molecular complexity index is 979. The lowest BCUT2D eigenvalue weighted by Gasteiger charge is -2.28. The van der Waals surface area contributed by atoms with E-state index in [0.717, 1.165) is 35.4 Å². The van der Waals surface area contributed by atoms with Crippen LogP contribution in [0, 0.1) is 11.2 Å². The minimum atomic E-state index is -0.269. The van der Waals surface area contributed by atoms with Crippen LogP contribution in [0.25, 0.3) is 11.0 Å². The van der Waals surface area contributed by atoms with E-state index in [1.54, 1.807) is 18.5 Å². The summed E-state index contributed by atoms with van der Waals surface area (Å²) >= 11 is 0. The van der Waals surface area contributed by atoms with Gasteiger partial charge in [-0.15, -0.1) is 0 Å². The highest BCUT2D eigenvalue weighted by Crippen LogP contribution is 2.38. The summed E-state index contributed by atoms with van der Waals surface area (Å²) in [5, 5.41) is 15.6. The Hall–Kier alpha value is -2.54. The molecule has 2 aromatic heterocycles. The Morgan fingerprint density at radius 2 is 1.93 bits per heavy atom. The second-order valence-corrected chi connectivity index (χ2v) is 8.79. The first-order chi connectivity index (χ1) is 13.3. The fourth-order valence-electron chi connectivity index (χ4n) is 4.06. The number of fused-ring (bicyclic) bond motifs is 1. The normalized spacial score (nSPS) is 20.2. The lowest BCUT2D eigenvalue weighted by atomic mass is 9.81. The molecule has 0 aliphatic carbocycles. The summed E-state index contributed by atoms with van der Waals surface area (Å²) in [5.41, 5.74) is 1.41. The van der Waals surface area contributed by atoms with Crippen LogP contribution in [0.4, 0.5) is 10.2 Å². The Kier molecular flexibility index (Phi) is 4.57. The van der Waals surface area contributed by atoms with Crippen LogP contribution >= 0.6 is 0 Å². The van der Waals surface area contributed by atoms with E-state index in [1.807, 2.05) is 10.9 Å². The topological polar surface area (TPSA) is 67.1 Å². The summed E-state index contributed by atoms with van der Waals surface area (Å²) in [6.07, 6.45) is 4.96. The molecule has 1 aliphatic heterocycles. The van der Waals surface area contributed by atoms with Gasteiger partial charge in [0.2, 0.25) is 0 Å². The number of hydrogen-bond acceptors (Lipinski definition) is 5. The number of aliphatic hydroxyl groups excluding tert-OH is 1. The highest BCUT2D eigenvalue weighted by molar-refractivity contribution is 5.87. The van der Waals surface area contributed by atoms with Crippen molar-refractivity contribution in [1.82, 2.24) is 19.7 Å². The van der Waals surface area contributed by atoms with Gasteiger partial charge < -0.3 is 10.0 Å². The molecule has 1 unspecified atom stereocenters. The molecule has 0 amide bonds. The maximum Gasteiger partial charge on any atom is 0.163 e. The molecule has 0 bridgehead atoms. The van der Waals surface area contributed by atoms with Gasteiger partial charge in [0.05, 0.1) is 23.7 Å². The zero-order valence-corrected chi connectivity index (χ0v) is 16.6. The SMILES string of the molecule is CC(C)(C)n1ncc2c(N3CCC(CO)(Cc4ccc(F)cc4)C3)ncnc21. The van der Waals surface area contributed by atoms with Gasteiger partial charge in [-0.05, 0) is 51.3 Å². The van der Waals surface area contributed by atoms with Crippen molar-refractivity contribution in [3.63, 3.8) is 0 Å². The van der Waals surface area contributed by atoms with Crippen LogP contribution in [-0.4, -0.2) is 44.6 Å². The van der Waals surface area contributed by atoms with E-state index < -0.39 is 0 Å². The first-order valence-corrected chi connectivity index (χ1v) is 9.61. The van der Waals surface area contributed by atoms with E-state index in [0.29, 0.717) is 13.0 Å². The number of benzene rings is 1. The van der Waals surface area contributed by atoms with Gasteiger partial charge in [0.15, 0.2) is 5.65 Å². The largest absolute Gasteiger partial charge is 0.396 e. The number of aliphatic hydroxyl groups is 1. The molecule has 1 atom stereocenters. The molecule has 3 heterocycles. The second kappa shape index (κ2) is 6.81. The molecular weight excluding hydrogens is 357 g/mol. The lowest BCUT2D eigenvalue weighted by molar-refractivity contribution is 0.144. The molecule has 1 aliphatic rings. The fraction of sp³-hybridized carbons (Fsp3) is 0.476. The van der Waals surface area contributed by atoms with Crippen molar-refractivity contribution in [2.75, 3.05) is 24.6 Å². The van der Waals surface area contributed by atoms with E-state index in [4.69, 9.17) is 0 Å². The number of hydrogen-bond donors (Lipinski definition) is 1. The maximum atomic E-state index is 13.2. The van der Waals surface area contributed by atoms with Crippen molar-refractivity contribution in [2.45, 2.75) is 39.2 Å². The molecule has 3 aromatic rings. The summed E-state index contributed by atoms with van der Waals surface area (Å²) in [5.74, 6) is 0.615. The molecular formula is C21H26FN5O. The molecule has 6 nitrogen and oxygen atoms in total. The summed E-state index contributed by atoms with van der Waals surface area (Å²) < 4.78 is 15.1. The van der Waals surface area contributed by atoms with Crippen LogP contribution in [0.3, 0.4) is 0 Å². The van der Waals surface area contributed by atoms with Crippen LogP contribution in [0.15, 0.2) is 36.8 Å². The van der Waals surface area contributed by atoms with Crippen molar-refractivity contribution < 1.29 is 9.50 Å². The average molecular weight is 383 g/mol. The zero-order valence-electron chi connectivity index (χ0n) is 16.6. The number of nitrogens with zero attached hydrogens (tertiary/aromatic N) is 5. The molecule has 0 spiro atoms. The van der Waals surface area contributed by atoms with Gasteiger partial charge in [-0.25, -0.2) is 19.0 Å². The predicted molar refractivity (Wildman–Crippen MR) is 107 cm³/mol. The van der Waals surface area contributed by atoms with Crippen LogP contribution in [0.2, 0.25) is 0 Å². The van der Waals surface area contributed by atoms with Gasteiger partial charge in [0.25, 0.3) is 0 Å². The van der Waals surface area contributed by atoms with Gasteiger partial charge in [-0.3, -0.25) is 0 Å². The van der Waals surface area contributed by atoms with Crippen LogP contribution in [-0.2, 0) is 12.0 Å². The smallest absolute Gasteiger partial charge is 0.163 e. The Labute approximate surface area is 164 Å². The Morgan fingerprint density at radius 3 is 2.61 bits per heavy atom. The summed E-state index contributed by atoms with van der Waals surface area (Å²) in [6.45, 7) is 7.85. The summed E-state index contributed by atoms with van der Waals surface area (Å²) in [4.78, 5) is 11.2. The van der Waals surface area contributed by atoms with E-state index >= 15 is 0 Å². The van der Waals surface area contributed by atoms with Crippen LogP contribution in [0.1, 0.15) is 32.8 Å². The van der Waals surface area contributed by atoms with Crippen LogP contribution in [0.5, 0.6) is 0 Å². The molecule has 4 rings (SSSR count). The van der Waals surface area contributed by atoms with E-state index in [-0.39, 0.29) is 23.4 Å². The number of rotatable bonds is 4. The highest BCUT2D eigenvalue weighted by Gasteiger charge is 2.39. The van der Waals surface area contributed by atoms with Crippen LogP contribution < -0.4 is 4.90 Å². The van der Waals surface area contributed by atoms with Gasteiger partial charge in [0, 0.05) is 18.5 Å². The third-order valence-corrected chi connectivity index (χ3v) is 5.55. The van der Waals surface area contributed by atoms with Crippen molar-refractivity contribution in [2.24, 2.45) is 5.41 Å². The van der Waals surface area contributed by atoms with E-state index in [9.17, 15) is 9.50 Å². The van der Waals surface area contributed by atoms with Gasteiger partial charge in [-0.1, -0.05) is 12.1 Å². The number of halogens is 1. The molecule has 1 N–H and O–H groups in total. The molecule has 1 aromatic carbocycles. The molecule has 28 heavy (non-hydrogen) atoms. The predicted octanol–water partition coefficient (Wildman–Crippen LogP) is 3.15. The number of aromatic nitrogens is 4. The van der Waals surface area contributed by atoms with Gasteiger partial charge in [0.1, 0.15) is 18.0 Å². The molecule has 0 radical (unpaired) electrons. The Morgan fingerprint density at radius 1 is 1.18 bits per heavy atom. The van der Waals surface area contributed by atoms with Crippen molar-refractivity contribution in [3.8, 4) is 0 Å². The molecule has 1 fully saturated rings. The summed E-state index contributed by atoms with van der Waals surface area (Å²) in [6, 6.07) is 6.54. The fourth-order valence-corrected chi connectivity index (χ4v) is 4.06. The third kappa shape index (κ3) is 3.35. The molecule has 1 saturated heterocycles. The van der Waals surface area contributed by atoms with Crippen molar-refractivity contribution in [3.05, 3.63) is 48.2 Å². The minimum Gasteiger partial charge on any atom is -0.396 e. The number of anilines is 1. The minimum absolute atomic E-state index is 0.0797. The van der Waals surface area contributed by atoms with Crippen molar-refractivity contribution in [1.29, 1.82) is 0 Å². The van der Waals surface area contributed by atoms with Gasteiger partial charge in [-0.2, -0.15) is 5.10 Å². The second-order valence-electron chi connectivity index (χ2n) is 8.79. The van der Waals surface area contributed by atoms with E-state index in [2.05, 4.69) is 40.7 Å². The monoisotopic (exact) mass is 383 g/mol. The maximum absolute atomic E-state index is 13.2. The third-order valence-electron chi connectivity index (χ3n) is 5.55. The Balaban J connectivity index is 1.63. The standard InChI is InChI=1S/C21H26FN5O/c1-20(2,3)27-19-17(11-25-27)18(23-14-24-19)26-9-8-21(12-26,13-28)10-15-4-6-16(22)7-5-15/h4-7,11,14,28H,8-10,12-13H2,1-3H3. The summed E-state index contributed by atoms with van der Waals surface area (Å²) in [7, 11) is 0. The van der Waals surface area contributed by atoms with Crippen molar-refractivity contribution >= 4 is 16.9 Å². The van der Waals surface area contributed by atoms with Gasteiger partial charge >= 0.3 is 0 Å². The average Bonchev–Trinajstić information content (AvgIpc) is 3.28. The molecule has 7 heteroatoms.